The number of fused-ring (bicyclic) bond motifs is 1. The van der Waals surface area contributed by atoms with E-state index >= 15 is 0 Å². The minimum atomic E-state index is -0.151. The number of para-hydroxylation sites is 2. The standard InChI is InChI=1S/C15H12N2O/c18-15(16-13-7-2-1-3-8-13)17-11-10-12-6-4-5-9-14(12)17/h1-11H,(H,16,18). The highest BCUT2D eigenvalue weighted by atomic mass is 16.2. The molecule has 1 N–H and O–H groups in total. The Kier molecular flexibility index (Phi) is 2.57. The van der Waals surface area contributed by atoms with E-state index in [9.17, 15) is 4.79 Å². The number of benzene rings is 2. The number of aromatic nitrogens is 1. The van der Waals surface area contributed by atoms with Gasteiger partial charge in [0.2, 0.25) is 0 Å². The molecule has 1 heterocycles. The first kappa shape index (κ1) is 10.6. The van der Waals surface area contributed by atoms with Crippen molar-refractivity contribution in [2.45, 2.75) is 0 Å². The number of amides is 1. The van der Waals surface area contributed by atoms with Gasteiger partial charge in [-0.05, 0) is 24.3 Å². The van der Waals surface area contributed by atoms with Gasteiger partial charge >= 0.3 is 6.03 Å². The zero-order valence-electron chi connectivity index (χ0n) is 9.71. The summed E-state index contributed by atoms with van der Waals surface area (Å²) < 4.78 is 1.61. The van der Waals surface area contributed by atoms with Crippen molar-refractivity contribution in [2.75, 3.05) is 5.32 Å². The van der Waals surface area contributed by atoms with Gasteiger partial charge in [0, 0.05) is 17.3 Å². The Hall–Kier alpha value is -2.55. The predicted molar refractivity (Wildman–Crippen MR) is 72.8 cm³/mol. The van der Waals surface area contributed by atoms with Gasteiger partial charge in [-0.1, -0.05) is 36.4 Å². The first-order chi connectivity index (χ1) is 8.84. The molecule has 18 heavy (non-hydrogen) atoms. The van der Waals surface area contributed by atoms with E-state index in [0.717, 1.165) is 16.6 Å². The number of carbonyl (C=O) groups is 1. The summed E-state index contributed by atoms with van der Waals surface area (Å²) in [6.45, 7) is 0. The van der Waals surface area contributed by atoms with Crippen molar-refractivity contribution in [3.8, 4) is 0 Å². The van der Waals surface area contributed by atoms with Crippen molar-refractivity contribution >= 4 is 22.6 Å². The van der Waals surface area contributed by atoms with Gasteiger partial charge in [0.25, 0.3) is 0 Å². The van der Waals surface area contributed by atoms with Crippen LogP contribution in [0.5, 0.6) is 0 Å². The average molecular weight is 236 g/mol. The number of anilines is 1. The molecule has 0 spiro atoms. The number of nitrogens with zero attached hydrogens (tertiary/aromatic N) is 1. The van der Waals surface area contributed by atoms with Crippen LogP contribution in [0.15, 0.2) is 66.9 Å². The molecule has 1 aromatic heterocycles. The summed E-state index contributed by atoms with van der Waals surface area (Å²) in [6, 6.07) is 19.0. The van der Waals surface area contributed by atoms with E-state index < -0.39 is 0 Å². The summed E-state index contributed by atoms with van der Waals surface area (Å²) in [5, 5.41) is 3.92. The highest BCUT2D eigenvalue weighted by Crippen LogP contribution is 2.15. The number of hydrogen-bond acceptors (Lipinski definition) is 1. The van der Waals surface area contributed by atoms with Crippen LogP contribution >= 0.6 is 0 Å². The van der Waals surface area contributed by atoms with Crippen LogP contribution in [0.3, 0.4) is 0 Å². The molecule has 0 fully saturated rings. The Bertz CT molecular complexity index is 686. The molecule has 3 heteroatoms. The number of carbonyl (C=O) groups excluding carboxylic acids is 1. The predicted octanol–water partition coefficient (Wildman–Crippen LogP) is 3.72. The molecule has 2 aromatic carbocycles. The lowest BCUT2D eigenvalue weighted by molar-refractivity contribution is 0.254. The molecule has 0 saturated carbocycles. The third kappa shape index (κ3) is 1.86. The van der Waals surface area contributed by atoms with Gasteiger partial charge in [-0.15, -0.1) is 0 Å². The Morgan fingerprint density at radius 3 is 2.44 bits per heavy atom. The minimum Gasteiger partial charge on any atom is -0.307 e. The van der Waals surface area contributed by atoms with Crippen LogP contribution in [-0.4, -0.2) is 10.6 Å². The average Bonchev–Trinajstić information content (AvgIpc) is 2.84. The summed E-state index contributed by atoms with van der Waals surface area (Å²) in [5.74, 6) is 0. The second-order valence-electron chi connectivity index (χ2n) is 4.04. The van der Waals surface area contributed by atoms with Gasteiger partial charge in [0.05, 0.1) is 5.52 Å². The van der Waals surface area contributed by atoms with Gasteiger partial charge in [-0.25, -0.2) is 4.79 Å². The van der Waals surface area contributed by atoms with Gasteiger partial charge in [-0.2, -0.15) is 0 Å². The number of hydrogen-bond donors (Lipinski definition) is 1. The van der Waals surface area contributed by atoms with Gasteiger partial charge in [0.1, 0.15) is 0 Å². The molecule has 1 amide bonds. The molecule has 88 valence electrons. The second-order valence-corrected chi connectivity index (χ2v) is 4.04. The smallest absolute Gasteiger partial charge is 0.307 e. The van der Waals surface area contributed by atoms with E-state index in [2.05, 4.69) is 5.32 Å². The summed E-state index contributed by atoms with van der Waals surface area (Å²) in [7, 11) is 0. The van der Waals surface area contributed by atoms with Crippen molar-refractivity contribution < 1.29 is 4.79 Å². The van der Waals surface area contributed by atoms with E-state index in [1.54, 1.807) is 10.8 Å². The number of rotatable bonds is 1. The first-order valence-electron chi connectivity index (χ1n) is 5.77. The molecule has 3 nitrogen and oxygen atoms in total. The van der Waals surface area contributed by atoms with Crippen LogP contribution < -0.4 is 5.32 Å². The number of nitrogens with one attached hydrogen (secondary N) is 1. The molecular formula is C15H12N2O. The zero-order valence-corrected chi connectivity index (χ0v) is 9.71. The lowest BCUT2D eigenvalue weighted by Crippen LogP contribution is -2.18. The van der Waals surface area contributed by atoms with Crippen LogP contribution in [0.25, 0.3) is 10.9 Å². The molecule has 0 atom stereocenters. The largest absolute Gasteiger partial charge is 0.330 e. The van der Waals surface area contributed by atoms with Crippen molar-refractivity contribution in [3.05, 3.63) is 66.9 Å². The molecule has 0 aliphatic heterocycles. The van der Waals surface area contributed by atoms with Gasteiger partial charge in [0.15, 0.2) is 0 Å². The maximum absolute atomic E-state index is 12.1. The topological polar surface area (TPSA) is 34.0 Å². The molecule has 3 aromatic rings. The quantitative estimate of drug-likeness (QED) is 0.686. The molecule has 0 aliphatic rings. The third-order valence-corrected chi connectivity index (χ3v) is 2.84. The van der Waals surface area contributed by atoms with E-state index in [1.807, 2.05) is 60.7 Å². The van der Waals surface area contributed by atoms with Crippen molar-refractivity contribution in [3.63, 3.8) is 0 Å². The van der Waals surface area contributed by atoms with Crippen LogP contribution in [0.1, 0.15) is 0 Å². The Morgan fingerprint density at radius 2 is 1.61 bits per heavy atom. The lowest BCUT2D eigenvalue weighted by Gasteiger charge is -2.06. The van der Waals surface area contributed by atoms with Crippen molar-refractivity contribution in [1.29, 1.82) is 0 Å². The molecule has 3 rings (SSSR count). The normalized spacial score (nSPS) is 10.4. The zero-order chi connectivity index (χ0) is 12.4. The molecule has 0 saturated heterocycles. The molecular weight excluding hydrogens is 224 g/mol. The van der Waals surface area contributed by atoms with Crippen LogP contribution in [0.2, 0.25) is 0 Å². The van der Waals surface area contributed by atoms with Gasteiger partial charge in [-0.3, -0.25) is 4.57 Å². The minimum absolute atomic E-state index is 0.151. The Morgan fingerprint density at radius 1 is 0.889 bits per heavy atom. The monoisotopic (exact) mass is 236 g/mol. The van der Waals surface area contributed by atoms with Crippen molar-refractivity contribution in [2.24, 2.45) is 0 Å². The molecule has 0 aliphatic carbocycles. The summed E-state index contributed by atoms with van der Waals surface area (Å²) >= 11 is 0. The fourth-order valence-corrected chi connectivity index (χ4v) is 1.97. The second kappa shape index (κ2) is 4.37. The highest BCUT2D eigenvalue weighted by Gasteiger charge is 2.07. The Balaban J connectivity index is 1.93. The fourth-order valence-electron chi connectivity index (χ4n) is 1.97. The SMILES string of the molecule is O=C(Nc1ccccc1)n1ccc2ccccc21. The van der Waals surface area contributed by atoms with E-state index in [4.69, 9.17) is 0 Å². The maximum Gasteiger partial charge on any atom is 0.330 e. The fraction of sp³-hybridized carbons (Fsp3) is 0. The molecule has 0 bridgehead atoms. The highest BCUT2D eigenvalue weighted by molar-refractivity contribution is 5.98. The van der Waals surface area contributed by atoms with Crippen LogP contribution in [0, 0.1) is 0 Å². The van der Waals surface area contributed by atoms with Crippen LogP contribution in [0.4, 0.5) is 10.5 Å². The molecule has 0 radical (unpaired) electrons. The first-order valence-corrected chi connectivity index (χ1v) is 5.77. The lowest BCUT2D eigenvalue weighted by atomic mass is 10.2. The Labute approximate surface area is 105 Å². The van der Waals surface area contributed by atoms with Crippen molar-refractivity contribution in [1.82, 2.24) is 4.57 Å². The van der Waals surface area contributed by atoms with Gasteiger partial charge < -0.3 is 5.32 Å². The third-order valence-electron chi connectivity index (χ3n) is 2.84. The van der Waals surface area contributed by atoms with E-state index in [-0.39, 0.29) is 6.03 Å². The van der Waals surface area contributed by atoms with E-state index in [1.165, 1.54) is 0 Å². The summed E-state index contributed by atoms with van der Waals surface area (Å²) in [5.41, 5.74) is 1.70. The van der Waals surface area contributed by atoms with Crippen LogP contribution in [-0.2, 0) is 0 Å². The van der Waals surface area contributed by atoms with E-state index in [0.29, 0.717) is 0 Å². The molecule has 0 unspecified atom stereocenters. The maximum atomic E-state index is 12.1. The summed E-state index contributed by atoms with van der Waals surface area (Å²) in [4.78, 5) is 12.1. The summed E-state index contributed by atoms with van der Waals surface area (Å²) in [6.07, 6.45) is 1.78.